The maximum atomic E-state index is 12.6. The molecule has 0 unspecified atom stereocenters. The Morgan fingerprint density at radius 1 is 1.06 bits per heavy atom. The van der Waals surface area contributed by atoms with Crippen molar-refractivity contribution >= 4 is 45.7 Å². The molecule has 7 nitrogen and oxygen atoms in total. The van der Waals surface area contributed by atoms with E-state index in [0.717, 1.165) is 53.5 Å². The molecular formula is C25H25ClN6O. The number of fused-ring (bicyclic) bond motifs is 1. The van der Waals surface area contributed by atoms with Crippen LogP contribution in [0.15, 0.2) is 60.9 Å². The number of benzene rings is 2. The summed E-state index contributed by atoms with van der Waals surface area (Å²) >= 11 is 6.43. The Balaban J connectivity index is 1.34. The minimum absolute atomic E-state index is 0.0137. The summed E-state index contributed by atoms with van der Waals surface area (Å²) in [7, 11) is 0. The zero-order chi connectivity index (χ0) is 22.8. The van der Waals surface area contributed by atoms with E-state index in [9.17, 15) is 4.79 Å². The van der Waals surface area contributed by atoms with Crippen molar-refractivity contribution in [3.63, 3.8) is 0 Å². The lowest BCUT2D eigenvalue weighted by molar-refractivity contribution is -0.120. The lowest BCUT2D eigenvalue weighted by Gasteiger charge is -2.25. The zero-order valence-electron chi connectivity index (χ0n) is 18.0. The van der Waals surface area contributed by atoms with Gasteiger partial charge in [-0.3, -0.25) is 4.79 Å². The summed E-state index contributed by atoms with van der Waals surface area (Å²) < 4.78 is 0. The number of para-hydroxylation sites is 1. The molecule has 5 rings (SSSR count). The van der Waals surface area contributed by atoms with E-state index in [4.69, 9.17) is 17.3 Å². The first kappa shape index (κ1) is 21.4. The molecule has 0 atom stereocenters. The number of nitrogens with zero attached hydrogens (tertiary/aromatic N) is 2. The minimum Gasteiger partial charge on any atom is -0.360 e. The highest BCUT2D eigenvalue weighted by Crippen LogP contribution is 2.33. The van der Waals surface area contributed by atoms with E-state index < -0.39 is 0 Å². The second-order valence-electron chi connectivity index (χ2n) is 8.44. The summed E-state index contributed by atoms with van der Waals surface area (Å²) in [4.78, 5) is 24.9. The normalized spacial score (nSPS) is 18.2. The Hall–Kier alpha value is -3.42. The van der Waals surface area contributed by atoms with E-state index in [-0.39, 0.29) is 17.9 Å². The van der Waals surface area contributed by atoms with Gasteiger partial charge in [-0.15, -0.1) is 0 Å². The van der Waals surface area contributed by atoms with Crippen LogP contribution in [-0.4, -0.2) is 26.9 Å². The van der Waals surface area contributed by atoms with Gasteiger partial charge in [-0.05, 0) is 49.9 Å². The van der Waals surface area contributed by atoms with Gasteiger partial charge in [0.25, 0.3) is 0 Å². The first-order chi connectivity index (χ1) is 16.1. The van der Waals surface area contributed by atoms with Crippen molar-refractivity contribution in [3.05, 3.63) is 65.9 Å². The molecule has 5 N–H and O–H groups in total. The van der Waals surface area contributed by atoms with Crippen LogP contribution in [0.3, 0.4) is 0 Å². The molecule has 0 bridgehead atoms. The third-order valence-electron chi connectivity index (χ3n) is 6.12. The van der Waals surface area contributed by atoms with Crippen LogP contribution in [0, 0.1) is 5.92 Å². The van der Waals surface area contributed by atoms with Crippen molar-refractivity contribution in [2.75, 3.05) is 10.6 Å². The summed E-state index contributed by atoms with van der Waals surface area (Å²) in [6, 6.07) is 15.7. The van der Waals surface area contributed by atoms with Crippen LogP contribution in [0.5, 0.6) is 0 Å². The monoisotopic (exact) mass is 460 g/mol. The first-order valence-corrected chi connectivity index (χ1v) is 11.5. The highest BCUT2D eigenvalue weighted by molar-refractivity contribution is 6.33. The van der Waals surface area contributed by atoms with Crippen LogP contribution in [0.4, 0.5) is 17.3 Å². The molecule has 168 valence electrons. The molecule has 1 fully saturated rings. The number of hydrogen-bond donors (Lipinski definition) is 4. The molecule has 0 aliphatic heterocycles. The Kier molecular flexibility index (Phi) is 5.98. The Morgan fingerprint density at radius 2 is 1.85 bits per heavy atom. The van der Waals surface area contributed by atoms with Crippen molar-refractivity contribution in [2.45, 2.75) is 31.7 Å². The van der Waals surface area contributed by atoms with Crippen molar-refractivity contribution in [3.8, 4) is 11.3 Å². The third kappa shape index (κ3) is 4.69. The topological polar surface area (TPSA) is 109 Å². The van der Waals surface area contributed by atoms with Gasteiger partial charge >= 0.3 is 0 Å². The number of halogens is 1. The summed E-state index contributed by atoms with van der Waals surface area (Å²) in [6.45, 7) is 0. The number of carbonyl (C=O) groups is 1. The number of carbonyl (C=O) groups excluding carboxylic acids is 1. The highest BCUT2D eigenvalue weighted by atomic mass is 35.5. The van der Waals surface area contributed by atoms with Crippen molar-refractivity contribution in [1.82, 2.24) is 15.0 Å². The van der Waals surface area contributed by atoms with E-state index in [1.165, 1.54) is 0 Å². The molecule has 0 radical (unpaired) electrons. The van der Waals surface area contributed by atoms with Crippen LogP contribution in [0.2, 0.25) is 5.02 Å². The van der Waals surface area contributed by atoms with Gasteiger partial charge in [-0.25, -0.2) is 9.97 Å². The Bertz CT molecular complexity index is 1300. The van der Waals surface area contributed by atoms with Gasteiger partial charge in [-0.2, -0.15) is 0 Å². The number of hydrogen-bond acceptors (Lipinski definition) is 5. The maximum absolute atomic E-state index is 12.6. The van der Waals surface area contributed by atoms with Crippen LogP contribution >= 0.6 is 11.6 Å². The van der Waals surface area contributed by atoms with Crippen LogP contribution < -0.4 is 16.4 Å². The molecule has 2 aromatic heterocycles. The number of amides is 1. The standard InChI is InChI=1S/C25H25ClN6O/c26-21-14-29-25(32-23(21)20-13-28-22-7-2-1-6-19(20)22)31-18-5-3-4-17(12-18)30-24(33)15-8-10-16(27)11-9-15/h1-7,12-16,28H,8-11,27H2,(H,30,33)(H,29,31,32)/t15-,16+. The number of aromatic nitrogens is 3. The number of aromatic amines is 1. The van der Waals surface area contributed by atoms with Gasteiger partial charge < -0.3 is 21.4 Å². The molecule has 4 aromatic rings. The lowest BCUT2D eigenvalue weighted by Crippen LogP contribution is -2.32. The van der Waals surface area contributed by atoms with E-state index in [1.54, 1.807) is 6.20 Å². The molecule has 0 saturated heterocycles. The quantitative estimate of drug-likeness (QED) is 0.315. The second kappa shape index (κ2) is 9.21. The van der Waals surface area contributed by atoms with E-state index in [0.29, 0.717) is 16.7 Å². The Labute approximate surface area is 196 Å². The molecule has 1 saturated carbocycles. The largest absolute Gasteiger partial charge is 0.360 e. The Morgan fingerprint density at radius 3 is 2.70 bits per heavy atom. The second-order valence-corrected chi connectivity index (χ2v) is 8.85. The summed E-state index contributed by atoms with van der Waals surface area (Å²) in [5.74, 6) is 0.479. The molecular weight excluding hydrogens is 436 g/mol. The van der Waals surface area contributed by atoms with Gasteiger partial charge in [0.05, 0.1) is 16.9 Å². The number of nitrogens with one attached hydrogen (secondary N) is 3. The molecule has 0 spiro atoms. The van der Waals surface area contributed by atoms with Crippen LogP contribution in [-0.2, 0) is 4.79 Å². The van der Waals surface area contributed by atoms with Gasteiger partial charge in [0.15, 0.2) is 0 Å². The molecule has 1 aliphatic rings. The lowest BCUT2D eigenvalue weighted by atomic mass is 9.86. The van der Waals surface area contributed by atoms with Crippen molar-refractivity contribution in [1.29, 1.82) is 0 Å². The molecule has 33 heavy (non-hydrogen) atoms. The maximum Gasteiger partial charge on any atom is 0.227 e. The number of H-pyrrole nitrogens is 1. The average Bonchev–Trinajstić information content (AvgIpc) is 3.25. The predicted molar refractivity (Wildman–Crippen MR) is 133 cm³/mol. The predicted octanol–water partition coefficient (Wildman–Crippen LogP) is 5.48. The fourth-order valence-corrected chi connectivity index (χ4v) is 4.51. The van der Waals surface area contributed by atoms with Gasteiger partial charge in [0.2, 0.25) is 11.9 Å². The molecule has 8 heteroatoms. The SMILES string of the molecule is N[C@H]1CC[C@@H](C(=O)Nc2cccc(Nc3ncc(Cl)c(-c4c[nH]c5ccccc45)n3)c2)CC1. The average molecular weight is 461 g/mol. The fourth-order valence-electron chi connectivity index (χ4n) is 4.31. The smallest absolute Gasteiger partial charge is 0.227 e. The van der Waals surface area contributed by atoms with Gasteiger partial charge in [0.1, 0.15) is 0 Å². The fraction of sp³-hybridized carbons (Fsp3) is 0.240. The third-order valence-corrected chi connectivity index (χ3v) is 6.39. The van der Waals surface area contributed by atoms with E-state index >= 15 is 0 Å². The van der Waals surface area contributed by atoms with Gasteiger partial charge in [0, 0.05) is 46.0 Å². The number of rotatable bonds is 5. The summed E-state index contributed by atoms with van der Waals surface area (Å²) in [6.07, 6.45) is 6.95. The number of anilines is 3. The molecule has 1 aliphatic carbocycles. The van der Waals surface area contributed by atoms with Crippen molar-refractivity contribution in [2.24, 2.45) is 11.7 Å². The van der Waals surface area contributed by atoms with Crippen LogP contribution in [0.1, 0.15) is 25.7 Å². The van der Waals surface area contributed by atoms with Crippen molar-refractivity contribution < 1.29 is 4.79 Å². The molecule has 1 amide bonds. The molecule has 2 heterocycles. The van der Waals surface area contributed by atoms with E-state index in [1.807, 2.05) is 54.7 Å². The molecule has 2 aromatic carbocycles. The minimum atomic E-state index is 0.0137. The number of nitrogens with two attached hydrogens (primary N) is 1. The zero-order valence-corrected chi connectivity index (χ0v) is 18.8. The van der Waals surface area contributed by atoms with Crippen LogP contribution in [0.25, 0.3) is 22.2 Å². The van der Waals surface area contributed by atoms with Gasteiger partial charge in [-0.1, -0.05) is 35.9 Å². The van der Waals surface area contributed by atoms with E-state index in [2.05, 4.69) is 25.6 Å². The summed E-state index contributed by atoms with van der Waals surface area (Å²) in [5, 5.41) is 7.76. The first-order valence-electron chi connectivity index (χ1n) is 11.1. The highest BCUT2D eigenvalue weighted by Gasteiger charge is 2.24. The summed E-state index contributed by atoms with van der Waals surface area (Å²) in [5.41, 5.74) is 10.0.